The molecule has 2 aromatic rings. The number of carboxylic acids is 1. The van der Waals surface area contributed by atoms with Crippen LogP contribution in [0.15, 0.2) is 36.4 Å². The van der Waals surface area contributed by atoms with Crippen LogP contribution in [-0.4, -0.2) is 11.1 Å². The van der Waals surface area contributed by atoms with Gasteiger partial charge in [-0.05, 0) is 28.8 Å². The Bertz CT molecular complexity index is 529. The van der Waals surface area contributed by atoms with Gasteiger partial charge in [-0.15, -0.1) is 0 Å². The molecule has 0 fully saturated rings. The summed E-state index contributed by atoms with van der Waals surface area (Å²) >= 11 is 0. The second-order valence-corrected chi connectivity index (χ2v) is 3.92. The zero-order valence-electron chi connectivity index (χ0n) is 9.23. The lowest BCUT2D eigenvalue weighted by Crippen LogP contribution is -1.99. The number of carboxylic acid groups (broad SMARTS) is 1. The fourth-order valence-corrected chi connectivity index (χ4v) is 1.98. The van der Waals surface area contributed by atoms with Crippen LogP contribution in [0.4, 0.5) is 0 Å². The van der Waals surface area contributed by atoms with Crippen molar-refractivity contribution < 1.29 is 9.90 Å². The fraction of sp³-hybridized carbons (Fsp3) is 0.214. The topological polar surface area (TPSA) is 37.3 Å². The van der Waals surface area contributed by atoms with E-state index in [9.17, 15) is 9.90 Å². The van der Waals surface area contributed by atoms with E-state index in [1.807, 2.05) is 24.3 Å². The van der Waals surface area contributed by atoms with E-state index < -0.39 is 5.97 Å². The van der Waals surface area contributed by atoms with Crippen LogP contribution in [0.2, 0.25) is 0 Å². The Hall–Kier alpha value is -1.83. The van der Waals surface area contributed by atoms with Crippen molar-refractivity contribution in [3.63, 3.8) is 0 Å². The van der Waals surface area contributed by atoms with Crippen LogP contribution in [-0.2, 0) is 6.42 Å². The van der Waals surface area contributed by atoms with E-state index in [0.717, 1.165) is 29.2 Å². The SMILES string of the molecule is CCCc1cc(C(=O)O)c2ccccc2c1. The highest BCUT2D eigenvalue weighted by molar-refractivity contribution is 6.04. The van der Waals surface area contributed by atoms with Crippen molar-refractivity contribution in [1.29, 1.82) is 0 Å². The van der Waals surface area contributed by atoms with Crippen molar-refractivity contribution in [2.75, 3.05) is 0 Å². The highest BCUT2D eigenvalue weighted by Gasteiger charge is 2.09. The molecule has 0 aliphatic rings. The molecule has 2 nitrogen and oxygen atoms in total. The van der Waals surface area contributed by atoms with Gasteiger partial charge in [-0.25, -0.2) is 4.79 Å². The molecule has 0 spiro atoms. The average molecular weight is 214 g/mol. The van der Waals surface area contributed by atoms with Crippen molar-refractivity contribution in [1.82, 2.24) is 0 Å². The van der Waals surface area contributed by atoms with Gasteiger partial charge in [0.05, 0.1) is 5.56 Å². The molecule has 0 aromatic heterocycles. The molecule has 0 saturated heterocycles. The first-order chi connectivity index (χ1) is 7.72. The van der Waals surface area contributed by atoms with E-state index in [-0.39, 0.29) is 0 Å². The molecule has 0 aliphatic carbocycles. The van der Waals surface area contributed by atoms with E-state index in [2.05, 4.69) is 13.0 Å². The summed E-state index contributed by atoms with van der Waals surface area (Å²) in [5.74, 6) is -0.853. The first kappa shape index (κ1) is 10.7. The molecule has 0 heterocycles. The molecular weight excluding hydrogens is 200 g/mol. The summed E-state index contributed by atoms with van der Waals surface area (Å²) in [5, 5.41) is 11.0. The average Bonchev–Trinajstić information content (AvgIpc) is 2.28. The lowest BCUT2D eigenvalue weighted by Gasteiger charge is -2.06. The summed E-state index contributed by atoms with van der Waals surface area (Å²) in [5.41, 5.74) is 1.50. The zero-order chi connectivity index (χ0) is 11.5. The number of benzene rings is 2. The quantitative estimate of drug-likeness (QED) is 0.849. The third-order valence-corrected chi connectivity index (χ3v) is 2.69. The number of aryl methyl sites for hydroxylation is 1. The minimum Gasteiger partial charge on any atom is -0.478 e. The minimum absolute atomic E-state index is 0.404. The summed E-state index contributed by atoms with van der Waals surface area (Å²) in [6.07, 6.45) is 1.95. The molecule has 0 amide bonds. The number of carbonyl (C=O) groups is 1. The summed E-state index contributed by atoms with van der Waals surface area (Å²) in [4.78, 5) is 11.2. The highest BCUT2D eigenvalue weighted by atomic mass is 16.4. The van der Waals surface area contributed by atoms with E-state index in [1.54, 1.807) is 6.07 Å². The van der Waals surface area contributed by atoms with Gasteiger partial charge in [-0.1, -0.05) is 43.7 Å². The Kier molecular flexibility index (Phi) is 2.91. The van der Waals surface area contributed by atoms with Gasteiger partial charge in [0.25, 0.3) is 0 Å². The van der Waals surface area contributed by atoms with Crippen LogP contribution in [0.3, 0.4) is 0 Å². The van der Waals surface area contributed by atoms with E-state index in [4.69, 9.17) is 0 Å². The zero-order valence-corrected chi connectivity index (χ0v) is 9.23. The van der Waals surface area contributed by atoms with Crippen LogP contribution < -0.4 is 0 Å². The number of rotatable bonds is 3. The summed E-state index contributed by atoms with van der Waals surface area (Å²) in [6.45, 7) is 2.09. The summed E-state index contributed by atoms with van der Waals surface area (Å²) in [6, 6.07) is 11.5. The number of hydrogen-bond acceptors (Lipinski definition) is 1. The monoisotopic (exact) mass is 214 g/mol. The standard InChI is InChI=1S/C14H14O2/c1-2-5-10-8-11-6-3-4-7-12(11)13(9-10)14(15)16/h3-4,6-9H,2,5H2,1H3,(H,15,16). The highest BCUT2D eigenvalue weighted by Crippen LogP contribution is 2.22. The molecule has 2 heteroatoms. The summed E-state index contributed by atoms with van der Waals surface area (Å²) < 4.78 is 0. The third kappa shape index (κ3) is 1.91. The molecule has 2 rings (SSSR count). The van der Waals surface area contributed by atoms with E-state index in [0.29, 0.717) is 5.56 Å². The van der Waals surface area contributed by atoms with Crippen LogP contribution >= 0.6 is 0 Å². The smallest absolute Gasteiger partial charge is 0.336 e. The van der Waals surface area contributed by atoms with Crippen molar-refractivity contribution >= 4 is 16.7 Å². The normalized spacial score (nSPS) is 10.6. The fourth-order valence-electron chi connectivity index (χ4n) is 1.98. The largest absolute Gasteiger partial charge is 0.478 e. The van der Waals surface area contributed by atoms with Gasteiger partial charge in [-0.3, -0.25) is 0 Å². The second kappa shape index (κ2) is 4.35. The predicted molar refractivity (Wildman–Crippen MR) is 64.9 cm³/mol. The Labute approximate surface area is 94.5 Å². The molecule has 0 aliphatic heterocycles. The van der Waals surface area contributed by atoms with Crippen molar-refractivity contribution in [3.05, 3.63) is 47.5 Å². The Morgan fingerprint density at radius 3 is 2.69 bits per heavy atom. The predicted octanol–water partition coefficient (Wildman–Crippen LogP) is 3.49. The molecular formula is C14H14O2. The first-order valence-corrected chi connectivity index (χ1v) is 5.47. The number of fused-ring (bicyclic) bond motifs is 1. The van der Waals surface area contributed by atoms with Gasteiger partial charge in [0, 0.05) is 0 Å². The van der Waals surface area contributed by atoms with Crippen molar-refractivity contribution in [2.24, 2.45) is 0 Å². The molecule has 0 saturated carbocycles. The van der Waals surface area contributed by atoms with Crippen molar-refractivity contribution in [3.8, 4) is 0 Å². The third-order valence-electron chi connectivity index (χ3n) is 2.69. The second-order valence-electron chi connectivity index (χ2n) is 3.92. The van der Waals surface area contributed by atoms with Gasteiger partial charge in [-0.2, -0.15) is 0 Å². The maximum absolute atomic E-state index is 11.2. The van der Waals surface area contributed by atoms with Crippen LogP contribution in [0.1, 0.15) is 29.3 Å². The molecule has 0 bridgehead atoms. The minimum atomic E-state index is -0.853. The Balaban J connectivity index is 2.68. The van der Waals surface area contributed by atoms with Crippen LogP contribution in [0.25, 0.3) is 10.8 Å². The molecule has 1 N–H and O–H groups in total. The van der Waals surface area contributed by atoms with Gasteiger partial charge >= 0.3 is 5.97 Å². The van der Waals surface area contributed by atoms with Crippen LogP contribution in [0, 0.1) is 0 Å². The molecule has 82 valence electrons. The molecule has 2 aromatic carbocycles. The van der Waals surface area contributed by atoms with Gasteiger partial charge in [0.2, 0.25) is 0 Å². The van der Waals surface area contributed by atoms with Gasteiger partial charge in [0.15, 0.2) is 0 Å². The van der Waals surface area contributed by atoms with Crippen molar-refractivity contribution in [2.45, 2.75) is 19.8 Å². The lowest BCUT2D eigenvalue weighted by molar-refractivity contribution is 0.0699. The molecule has 0 atom stereocenters. The van der Waals surface area contributed by atoms with E-state index in [1.165, 1.54) is 0 Å². The van der Waals surface area contributed by atoms with E-state index >= 15 is 0 Å². The first-order valence-electron chi connectivity index (χ1n) is 5.47. The maximum Gasteiger partial charge on any atom is 0.336 e. The maximum atomic E-state index is 11.2. The van der Waals surface area contributed by atoms with Gasteiger partial charge < -0.3 is 5.11 Å². The molecule has 16 heavy (non-hydrogen) atoms. The lowest BCUT2D eigenvalue weighted by atomic mass is 9.99. The number of aromatic carboxylic acids is 1. The number of hydrogen-bond donors (Lipinski definition) is 1. The van der Waals surface area contributed by atoms with Crippen LogP contribution in [0.5, 0.6) is 0 Å². The Morgan fingerprint density at radius 2 is 2.00 bits per heavy atom. The Morgan fingerprint density at radius 1 is 1.25 bits per heavy atom. The molecule has 0 radical (unpaired) electrons. The molecule has 0 unspecified atom stereocenters. The summed E-state index contributed by atoms with van der Waals surface area (Å²) in [7, 11) is 0. The van der Waals surface area contributed by atoms with Gasteiger partial charge in [0.1, 0.15) is 0 Å².